The van der Waals surface area contributed by atoms with Crippen molar-refractivity contribution in [2.45, 2.75) is 19.3 Å². The molecule has 1 aliphatic carbocycles. The Morgan fingerprint density at radius 3 is 2.94 bits per heavy atom. The van der Waals surface area contributed by atoms with Gasteiger partial charge in [-0.1, -0.05) is 37.1 Å². The zero-order valence-corrected chi connectivity index (χ0v) is 9.32. The Hall–Kier alpha value is -1.57. The highest BCUT2D eigenvalue weighted by Gasteiger charge is 2.20. The van der Waals surface area contributed by atoms with Crippen LogP contribution in [0.4, 0.5) is 5.82 Å². The summed E-state index contributed by atoms with van der Waals surface area (Å²) in [6.07, 6.45) is 6.00. The van der Waals surface area contributed by atoms with Gasteiger partial charge in [0.2, 0.25) is 0 Å². The lowest BCUT2D eigenvalue weighted by Crippen LogP contribution is -2.04. The Balaban J connectivity index is 1.79. The van der Waals surface area contributed by atoms with Crippen LogP contribution in [0.3, 0.4) is 0 Å². The van der Waals surface area contributed by atoms with Crippen LogP contribution in [0.25, 0.3) is 10.8 Å². The van der Waals surface area contributed by atoms with Crippen molar-refractivity contribution in [3.63, 3.8) is 0 Å². The molecule has 1 saturated carbocycles. The molecule has 3 rings (SSSR count). The van der Waals surface area contributed by atoms with E-state index in [-0.39, 0.29) is 0 Å². The minimum absolute atomic E-state index is 0.975. The van der Waals surface area contributed by atoms with Gasteiger partial charge < -0.3 is 5.32 Å². The Labute approximate surface area is 95.7 Å². The molecule has 0 unspecified atom stereocenters. The summed E-state index contributed by atoms with van der Waals surface area (Å²) in [4.78, 5) is 4.41. The highest BCUT2D eigenvalue weighted by molar-refractivity contribution is 5.91. The Morgan fingerprint density at radius 1 is 1.19 bits per heavy atom. The van der Waals surface area contributed by atoms with E-state index in [1.807, 2.05) is 6.20 Å². The molecule has 2 nitrogen and oxygen atoms in total. The monoisotopic (exact) mass is 212 g/mol. The molecule has 2 aromatic rings. The molecule has 0 bridgehead atoms. The summed E-state index contributed by atoms with van der Waals surface area (Å²) in [5.41, 5.74) is 0. The summed E-state index contributed by atoms with van der Waals surface area (Å²) in [7, 11) is 0. The fourth-order valence-corrected chi connectivity index (χ4v) is 2.06. The number of anilines is 1. The fraction of sp³-hybridized carbons (Fsp3) is 0.357. The minimum atomic E-state index is 0.975. The second-order valence-electron chi connectivity index (χ2n) is 4.54. The van der Waals surface area contributed by atoms with E-state index in [4.69, 9.17) is 0 Å². The van der Waals surface area contributed by atoms with Crippen molar-refractivity contribution in [2.24, 2.45) is 5.92 Å². The van der Waals surface area contributed by atoms with Gasteiger partial charge in [-0.25, -0.2) is 4.98 Å². The molecule has 0 amide bonds. The van der Waals surface area contributed by atoms with Gasteiger partial charge in [-0.2, -0.15) is 0 Å². The van der Waals surface area contributed by atoms with E-state index in [0.29, 0.717) is 0 Å². The van der Waals surface area contributed by atoms with E-state index in [9.17, 15) is 0 Å². The average Bonchev–Trinajstić information content (AvgIpc) is 3.13. The predicted octanol–water partition coefficient (Wildman–Crippen LogP) is 3.45. The summed E-state index contributed by atoms with van der Waals surface area (Å²) >= 11 is 0. The predicted molar refractivity (Wildman–Crippen MR) is 67.6 cm³/mol. The molecule has 0 radical (unpaired) electrons. The molecule has 1 aliphatic rings. The Kier molecular flexibility index (Phi) is 2.49. The smallest absolute Gasteiger partial charge is 0.133 e. The van der Waals surface area contributed by atoms with Crippen LogP contribution in [0.15, 0.2) is 36.5 Å². The number of hydrogen-bond acceptors (Lipinski definition) is 2. The van der Waals surface area contributed by atoms with Crippen LogP contribution in [0.2, 0.25) is 0 Å². The van der Waals surface area contributed by atoms with Crippen LogP contribution >= 0.6 is 0 Å². The van der Waals surface area contributed by atoms with Gasteiger partial charge in [0.1, 0.15) is 5.82 Å². The molecule has 1 fully saturated rings. The van der Waals surface area contributed by atoms with Crippen molar-refractivity contribution >= 4 is 16.6 Å². The van der Waals surface area contributed by atoms with Gasteiger partial charge in [-0.15, -0.1) is 0 Å². The molecule has 1 aromatic carbocycles. The van der Waals surface area contributed by atoms with Crippen LogP contribution in [0, 0.1) is 5.92 Å². The van der Waals surface area contributed by atoms with Gasteiger partial charge in [0.25, 0.3) is 0 Å². The number of hydrogen-bond donors (Lipinski definition) is 1. The topological polar surface area (TPSA) is 24.9 Å². The number of fused-ring (bicyclic) bond motifs is 1. The first-order valence-electron chi connectivity index (χ1n) is 6.01. The van der Waals surface area contributed by atoms with Crippen molar-refractivity contribution < 1.29 is 0 Å². The third-order valence-corrected chi connectivity index (χ3v) is 3.22. The number of benzene rings is 1. The molecule has 82 valence electrons. The van der Waals surface area contributed by atoms with Crippen LogP contribution in [0.1, 0.15) is 19.3 Å². The molecule has 0 spiro atoms. The van der Waals surface area contributed by atoms with E-state index in [1.54, 1.807) is 0 Å². The third-order valence-electron chi connectivity index (χ3n) is 3.22. The van der Waals surface area contributed by atoms with Crippen molar-refractivity contribution in [3.05, 3.63) is 36.5 Å². The average molecular weight is 212 g/mol. The minimum Gasteiger partial charge on any atom is -0.370 e. The van der Waals surface area contributed by atoms with Gasteiger partial charge in [-0.05, 0) is 23.8 Å². The summed E-state index contributed by atoms with van der Waals surface area (Å²) in [6, 6.07) is 10.4. The van der Waals surface area contributed by atoms with E-state index in [0.717, 1.165) is 18.3 Å². The SMILES string of the molecule is c1ccc2c(NCCC3CC3)nccc2c1. The Morgan fingerprint density at radius 2 is 2.06 bits per heavy atom. The molecular formula is C14H16N2. The number of aromatic nitrogens is 1. The normalized spacial score (nSPS) is 15.2. The van der Waals surface area contributed by atoms with Crippen LogP contribution in [0.5, 0.6) is 0 Å². The first-order chi connectivity index (χ1) is 7.93. The molecule has 0 aliphatic heterocycles. The zero-order chi connectivity index (χ0) is 10.8. The maximum absolute atomic E-state index is 4.41. The lowest BCUT2D eigenvalue weighted by molar-refractivity contribution is 0.759. The number of nitrogens with one attached hydrogen (secondary N) is 1. The maximum Gasteiger partial charge on any atom is 0.133 e. The van der Waals surface area contributed by atoms with Crippen LogP contribution in [-0.4, -0.2) is 11.5 Å². The highest BCUT2D eigenvalue weighted by Crippen LogP contribution is 2.32. The molecule has 0 atom stereocenters. The molecule has 1 heterocycles. The molecule has 2 heteroatoms. The van der Waals surface area contributed by atoms with E-state index in [2.05, 4.69) is 40.6 Å². The Bertz CT molecular complexity index is 484. The largest absolute Gasteiger partial charge is 0.370 e. The van der Waals surface area contributed by atoms with Crippen molar-refractivity contribution in [1.82, 2.24) is 4.98 Å². The second kappa shape index (κ2) is 4.12. The first-order valence-corrected chi connectivity index (χ1v) is 6.01. The lowest BCUT2D eigenvalue weighted by Gasteiger charge is -2.07. The summed E-state index contributed by atoms with van der Waals surface area (Å²) < 4.78 is 0. The quantitative estimate of drug-likeness (QED) is 0.839. The lowest BCUT2D eigenvalue weighted by atomic mass is 10.1. The standard InChI is InChI=1S/C14H16N2/c1-2-4-13-12(3-1)8-10-16-14(13)15-9-7-11-5-6-11/h1-4,8,10-11H,5-7,9H2,(H,15,16). The van der Waals surface area contributed by atoms with E-state index >= 15 is 0 Å². The summed E-state index contributed by atoms with van der Waals surface area (Å²) in [5.74, 6) is 2.00. The molecular weight excluding hydrogens is 196 g/mol. The van der Waals surface area contributed by atoms with Crippen molar-refractivity contribution in [2.75, 3.05) is 11.9 Å². The molecule has 1 N–H and O–H groups in total. The molecule has 0 saturated heterocycles. The maximum atomic E-state index is 4.41. The zero-order valence-electron chi connectivity index (χ0n) is 9.32. The van der Waals surface area contributed by atoms with Gasteiger partial charge in [-0.3, -0.25) is 0 Å². The number of nitrogens with zero attached hydrogens (tertiary/aromatic N) is 1. The fourth-order valence-electron chi connectivity index (χ4n) is 2.06. The number of rotatable bonds is 4. The van der Waals surface area contributed by atoms with Crippen molar-refractivity contribution in [3.8, 4) is 0 Å². The third kappa shape index (κ3) is 2.01. The van der Waals surface area contributed by atoms with E-state index in [1.165, 1.54) is 30.0 Å². The van der Waals surface area contributed by atoms with Crippen LogP contribution in [-0.2, 0) is 0 Å². The van der Waals surface area contributed by atoms with Gasteiger partial charge >= 0.3 is 0 Å². The number of pyridine rings is 1. The second-order valence-corrected chi connectivity index (χ2v) is 4.54. The first kappa shape index (κ1) is 9.64. The van der Waals surface area contributed by atoms with Crippen LogP contribution < -0.4 is 5.32 Å². The summed E-state index contributed by atoms with van der Waals surface area (Å²) in [6.45, 7) is 1.05. The molecule has 16 heavy (non-hydrogen) atoms. The van der Waals surface area contributed by atoms with Crippen molar-refractivity contribution in [1.29, 1.82) is 0 Å². The highest BCUT2D eigenvalue weighted by atomic mass is 15.0. The van der Waals surface area contributed by atoms with Gasteiger partial charge in [0.05, 0.1) is 0 Å². The van der Waals surface area contributed by atoms with Gasteiger partial charge in [0.15, 0.2) is 0 Å². The summed E-state index contributed by atoms with van der Waals surface area (Å²) in [5, 5.41) is 5.93. The van der Waals surface area contributed by atoms with E-state index < -0.39 is 0 Å². The van der Waals surface area contributed by atoms with Gasteiger partial charge in [0, 0.05) is 18.1 Å². The molecule has 1 aromatic heterocycles.